The maximum absolute atomic E-state index is 14.5. The fraction of sp³-hybridized carbons (Fsp3) is 0.579. The highest BCUT2D eigenvalue weighted by molar-refractivity contribution is 5.91. The fourth-order valence-corrected chi connectivity index (χ4v) is 4.62. The minimum atomic E-state index is -1.68. The third kappa shape index (κ3) is 2.10. The molecule has 2 amide bonds. The molecule has 128 valence electrons. The molecule has 3 fully saturated rings. The van der Waals surface area contributed by atoms with Gasteiger partial charge in [0.2, 0.25) is 5.91 Å². The number of hydrogen-bond donors (Lipinski definition) is 0. The van der Waals surface area contributed by atoms with Gasteiger partial charge >= 0.3 is 0 Å². The van der Waals surface area contributed by atoms with Crippen LogP contribution in [0.15, 0.2) is 30.3 Å². The fourth-order valence-electron chi connectivity index (χ4n) is 4.62. The van der Waals surface area contributed by atoms with Gasteiger partial charge in [-0.05, 0) is 31.2 Å². The Balaban J connectivity index is 1.63. The monoisotopic (exact) mass is 330 g/mol. The molecule has 4 nitrogen and oxygen atoms in total. The van der Waals surface area contributed by atoms with Crippen molar-refractivity contribution in [1.82, 2.24) is 9.80 Å². The smallest absolute Gasteiger partial charge is 0.260 e. The van der Waals surface area contributed by atoms with E-state index in [-0.39, 0.29) is 11.8 Å². The van der Waals surface area contributed by atoms with Gasteiger partial charge < -0.3 is 9.80 Å². The molecule has 0 N–H and O–H groups in total. The molecular weight excluding hydrogens is 307 g/mol. The number of alkyl halides is 1. The molecule has 0 unspecified atom stereocenters. The van der Waals surface area contributed by atoms with Crippen molar-refractivity contribution in [2.45, 2.75) is 37.3 Å². The molecule has 1 saturated carbocycles. The van der Waals surface area contributed by atoms with E-state index < -0.39 is 17.0 Å². The first kappa shape index (κ1) is 15.6. The second-order valence-electron chi connectivity index (χ2n) is 7.60. The summed E-state index contributed by atoms with van der Waals surface area (Å²) in [5.41, 5.74) is -1.14. The molecule has 1 aliphatic carbocycles. The Morgan fingerprint density at radius 2 is 1.92 bits per heavy atom. The van der Waals surface area contributed by atoms with Gasteiger partial charge in [0.15, 0.2) is 5.67 Å². The lowest BCUT2D eigenvalue weighted by Crippen LogP contribution is -2.50. The van der Waals surface area contributed by atoms with Gasteiger partial charge in [-0.25, -0.2) is 4.39 Å². The molecular formula is C19H23FN2O2. The zero-order chi connectivity index (χ0) is 16.9. The normalized spacial score (nSPS) is 31.6. The molecule has 2 heterocycles. The van der Waals surface area contributed by atoms with Gasteiger partial charge in [-0.3, -0.25) is 9.59 Å². The lowest BCUT2D eigenvalue weighted by Gasteiger charge is -2.36. The van der Waals surface area contributed by atoms with Crippen LogP contribution in [0.2, 0.25) is 0 Å². The van der Waals surface area contributed by atoms with Gasteiger partial charge in [0.05, 0.1) is 5.41 Å². The number of rotatable bonds is 2. The van der Waals surface area contributed by atoms with Crippen molar-refractivity contribution in [3.05, 3.63) is 35.9 Å². The van der Waals surface area contributed by atoms with Gasteiger partial charge in [0.1, 0.15) is 0 Å². The van der Waals surface area contributed by atoms with E-state index in [1.807, 2.05) is 37.4 Å². The van der Waals surface area contributed by atoms with E-state index in [9.17, 15) is 14.0 Å². The molecule has 1 spiro atoms. The number of halogens is 1. The molecule has 0 radical (unpaired) electrons. The van der Waals surface area contributed by atoms with Gasteiger partial charge in [-0.2, -0.15) is 0 Å². The standard InChI is InChI=1S/C19H23FN2O2/c1-21-12-15(14-6-3-2-4-7-14)18(16(21)23)10-11-22(13-18)17(24)19(20)8-5-9-19/h2-4,6-7,15H,5,8-13H2,1H3/t15-,18-/m1/s1. The predicted octanol–water partition coefficient (Wildman–Crippen LogP) is 2.35. The van der Waals surface area contributed by atoms with Crippen LogP contribution in [0.4, 0.5) is 4.39 Å². The molecule has 4 rings (SSSR count). The molecule has 1 aromatic carbocycles. The highest BCUT2D eigenvalue weighted by Gasteiger charge is 2.59. The summed E-state index contributed by atoms with van der Waals surface area (Å²) < 4.78 is 14.5. The molecule has 0 aromatic heterocycles. The lowest BCUT2D eigenvalue weighted by atomic mass is 9.73. The molecule has 5 heteroatoms. The lowest BCUT2D eigenvalue weighted by molar-refractivity contribution is -0.149. The number of likely N-dealkylation sites (N-methyl/N-ethyl adjacent to an activating group) is 1. The number of benzene rings is 1. The van der Waals surface area contributed by atoms with Gasteiger partial charge in [-0.15, -0.1) is 0 Å². The Labute approximate surface area is 141 Å². The van der Waals surface area contributed by atoms with Crippen molar-refractivity contribution in [1.29, 1.82) is 0 Å². The summed E-state index contributed by atoms with van der Waals surface area (Å²) >= 11 is 0. The summed E-state index contributed by atoms with van der Waals surface area (Å²) in [4.78, 5) is 28.8. The Bertz CT molecular complexity index is 673. The molecule has 0 bridgehead atoms. The minimum absolute atomic E-state index is 0.0611. The average Bonchev–Trinajstić information content (AvgIpc) is 3.11. The van der Waals surface area contributed by atoms with Crippen LogP contribution in [0.25, 0.3) is 0 Å². The number of likely N-dealkylation sites (tertiary alicyclic amines) is 2. The number of hydrogen-bond acceptors (Lipinski definition) is 2. The number of carbonyl (C=O) groups excluding carboxylic acids is 2. The summed E-state index contributed by atoms with van der Waals surface area (Å²) in [7, 11) is 1.82. The van der Waals surface area contributed by atoms with Crippen molar-refractivity contribution >= 4 is 11.8 Å². The van der Waals surface area contributed by atoms with E-state index in [1.165, 1.54) is 0 Å². The highest BCUT2D eigenvalue weighted by Crippen LogP contribution is 2.50. The molecule has 3 aliphatic rings. The van der Waals surface area contributed by atoms with Crippen LogP contribution in [0.5, 0.6) is 0 Å². The molecule has 2 aliphatic heterocycles. The first-order chi connectivity index (χ1) is 11.5. The summed E-state index contributed by atoms with van der Waals surface area (Å²) in [6, 6.07) is 10.0. The van der Waals surface area contributed by atoms with E-state index in [2.05, 4.69) is 0 Å². The highest BCUT2D eigenvalue weighted by atomic mass is 19.1. The van der Waals surface area contributed by atoms with Crippen molar-refractivity contribution in [3.63, 3.8) is 0 Å². The van der Waals surface area contributed by atoms with Crippen LogP contribution < -0.4 is 0 Å². The van der Waals surface area contributed by atoms with E-state index in [4.69, 9.17) is 0 Å². The second-order valence-corrected chi connectivity index (χ2v) is 7.60. The zero-order valence-electron chi connectivity index (χ0n) is 14.0. The van der Waals surface area contributed by atoms with Crippen molar-refractivity contribution in [3.8, 4) is 0 Å². The van der Waals surface area contributed by atoms with E-state index in [0.717, 1.165) is 12.0 Å². The average molecular weight is 330 g/mol. The summed E-state index contributed by atoms with van der Waals surface area (Å²) in [5.74, 6) is -0.251. The van der Waals surface area contributed by atoms with E-state index in [0.29, 0.717) is 38.9 Å². The zero-order valence-corrected chi connectivity index (χ0v) is 14.0. The number of carbonyl (C=O) groups is 2. The minimum Gasteiger partial charge on any atom is -0.345 e. The molecule has 1 aromatic rings. The number of amides is 2. The Hall–Kier alpha value is -1.91. The predicted molar refractivity (Wildman–Crippen MR) is 88.1 cm³/mol. The maximum Gasteiger partial charge on any atom is 0.260 e. The van der Waals surface area contributed by atoms with Crippen LogP contribution >= 0.6 is 0 Å². The number of nitrogens with zero attached hydrogens (tertiary/aromatic N) is 2. The third-order valence-corrected chi connectivity index (χ3v) is 6.22. The van der Waals surface area contributed by atoms with Gasteiger partial charge in [0.25, 0.3) is 5.91 Å². The van der Waals surface area contributed by atoms with Crippen molar-refractivity contribution < 1.29 is 14.0 Å². The molecule has 2 saturated heterocycles. The topological polar surface area (TPSA) is 40.6 Å². The van der Waals surface area contributed by atoms with Crippen molar-refractivity contribution in [2.24, 2.45) is 5.41 Å². The van der Waals surface area contributed by atoms with Crippen molar-refractivity contribution in [2.75, 3.05) is 26.7 Å². The van der Waals surface area contributed by atoms with Crippen LogP contribution in [-0.4, -0.2) is 54.0 Å². The van der Waals surface area contributed by atoms with E-state index in [1.54, 1.807) is 9.80 Å². The largest absolute Gasteiger partial charge is 0.345 e. The third-order valence-electron chi connectivity index (χ3n) is 6.22. The Morgan fingerprint density at radius 3 is 2.54 bits per heavy atom. The second kappa shape index (κ2) is 5.30. The van der Waals surface area contributed by atoms with Crippen LogP contribution in [0.1, 0.15) is 37.2 Å². The summed E-state index contributed by atoms with van der Waals surface area (Å²) in [5, 5.41) is 0. The van der Waals surface area contributed by atoms with Crippen LogP contribution in [0.3, 0.4) is 0 Å². The van der Waals surface area contributed by atoms with Gasteiger partial charge in [-0.1, -0.05) is 30.3 Å². The molecule has 24 heavy (non-hydrogen) atoms. The first-order valence-electron chi connectivity index (χ1n) is 8.75. The maximum atomic E-state index is 14.5. The first-order valence-corrected chi connectivity index (χ1v) is 8.75. The Kier molecular flexibility index (Phi) is 3.44. The van der Waals surface area contributed by atoms with Crippen LogP contribution in [-0.2, 0) is 9.59 Å². The quantitative estimate of drug-likeness (QED) is 0.835. The molecule has 2 atom stereocenters. The Morgan fingerprint density at radius 1 is 1.21 bits per heavy atom. The summed E-state index contributed by atoms with van der Waals surface area (Å²) in [6.07, 6.45) is 2.05. The van der Waals surface area contributed by atoms with E-state index >= 15 is 0 Å². The van der Waals surface area contributed by atoms with Crippen LogP contribution in [0, 0.1) is 5.41 Å². The van der Waals surface area contributed by atoms with Gasteiger partial charge in [0, 0.05) is 32.6 Å². The summed E-state index contributed by atoms with van der Waals surface area (Å²) in [6.45, 7) is 1.49. The SMILES string of the molecule is CN1C[C@H](c2ccccc2)[C@]2(CCN(C(=O)C3(F)CCC3)C2)C1=O.